The topological polar surface area (TPSA) is 43.2 Å². The summed E-state index contributed by atoms with van der Waals surface area (Å²) in [6, 6.07) is 2.34. The summed E-state index contributed by atoms with van der Waals surface area (Å²) in [6.07, 6.45) is 1.94. The third-order valence-electron chi connectivity index (χ3n) is 3.00. The van der Waals surface area contributed by atoms with E-state index in [-0.39, 0.29) is 6.04 Å². The van der Waals surface area contributed by atoms with Crippen LogP contribution in [0.5, 0.6) is 0 Å². The van der Waals surface area contributed by atoms with Gasteiger partial charge in [0, 0.05) is 43.8 Å². The zero-order valence-electron chi connectivity index (χ0n) is 9.46. The lowest BCUT2D eigenvalue weighted by molar-refractivity contribution is 0.115. The first-order chi connectivity index (χ1) is 7.79. The second-order valence-electron chi connectivity index (χ2n) is 4.08. The first-order valence-corrected chi connectivity index (χ1v) is 6.41. The van der Waals surface area contributed by atoms with Gasteiger partial charge in [-0.2, -0.15) is 5.26 Å². The number of nitrogens with zero attached hydrogens (tertiary/aromatic N) is 4. The monoisotopic (exact) mass is 236 g/mol. The Labute approximate surface area is 100 Å². The molecule has 0 spiro atoms. The van der Waals surface area contributed by atoms with Crippen molar-refractivity contribution in [1.29, 1.82) is 5.26 Å². The van der Waals surface area contributed by atoms with Crippen LogP contribution >= 0.6 is 11.3 Å². The fourth-order valence-electron chi connectivity index (χ4n) is 1.93. The van der Waals surface area contributed by atoms with Crippen LogP contribution in [0.4, 0.5) is 0 Å². The van der Waals surface area contributed by atoms with Crippen molar-refractivity contribution < 1.29 is 0 Å². The van der Waals surface area contributed by atoms with Crippen LogP contribution in [0, 0.1) is 11.3 Å². The van der Waals surface area contributed by atoms with Gasteiger partial charge in [0.2, 0.25) is 0 Å². The fourth-order valence-corrected chi connectivity index (χ4v) is 2.57. The van der Waals surface area contributed by atoms with E-state index in [2.05, 4.69) is 20.9 Å². The van der Waals surface area contributed by atoms with E-state index in [1.807, 2.05) is 18.6 Å². The van der Waals surface area contributed by atoms with Gasteiger partial charge in [-0.1, -0.05) is 0 Å². The van der Waals surface area contributed by atoms with Crippen LogP contribution in [0.3, 0.4) is 0 Å². The van der Waals surface area contributed by atoms with Gasteiger partial charge in [0.1, 0.15) is 0 Å². The molecule has 1 aliphatic heterocycles. The number of aromatic nitrogens is 1. The van der Waals surface area contributed by atoms with E-state index >= 15 is 0 Å². The molecule has 0 radical (unpaired) electrons. The molecule has 0 bridgehead atoms. The number of thiazole rings is 1. The molecular formula is C11H16N4S. The van der Waals surface area contributed by atoms with Gasteiger partial charge in [-0.15, -0.1) is 11.3 Å². The molecule has 1 unspecified atom stereocenters. The molecule has 86 valence electrons. The number of nitriles is 1. The molecule has 1 atom stereocenters. The third-order valence-corrected chi connectivity index (χ3v) is 3.77. The molecule has 1 saturated heterocycles. The van der Waals surface area contributed by atoms with Crippen LogP contribution in [0.15, 0.2) is 11.7 Å². The molecule has 16 heavy (non-hydrogen) atoms. The highest BCUT2D eigenvalue weighted by atomic mass is 32.1. The highest BCUT2D eigenvalue weighted by Gasteiger charge is 2.20. The summed E-state index contributed by atoms with van der Waals surface area (Å²) in [5, 5.41) is 8.85. The van der Waals surface area contributed by atoms with Crippen molar-refractivity contribution in [3.05, 3.63) is 16.6 Å². The molecule has 4 nitrogen and oxygen atoms in total. The van der Waals surface area contributed by atoms with Gasteiger partial charge >= 0.3 is 0 Å². The minimum absolute atomic E-state index is 0.0468. The smallest absolute Gasteiger partial charge is 0.0950 e. The fraction of sp³-hybridized carbons (Fsp3) is 0.636. The Bertz CT molecular complexity index is 349. The molecular weight excluding hydrogens is 220 g/mol. The average molecular weight is 236 g/mol. The van der Waals surface area contributed by atoms with Crippen molar-refractivity contribution >= 4 is 11.3 Å². The molecule has 0 amide bonds. The Morgan fingerprint density at radius 3 is 2.81 bits per heavy atom. The van der Waals surface area contributed by atoms with E-state index in [0.29, 0.717) is 0 Å². The molecule has 0 aromatic carbocycles. The van der Waals surface area contributed by atoms with Crippen LogP contribution in [0.25, 0.3) is 0 Å². The normalized spacial score (nSPS) is 20.5. The SMILES string of the molecule is CC(C#N)N1CCN(Cc2cncs2)CC1. The summed E-state index contributed by atoms with van der Waals surface area (Å²) < 4.78 is 0. The quantitative estimate of drug-likeness (QED) is 0.790. The minimum atomic E-state index is 0.0468. The first kappa shape index (κ1) is 11.5. The Morgan fingerprint density at radius 2 is 2.25 bits per heavy atom. The third kappa shape index (κ3) is 2.79. The molecule has 2 rings (SSSR count). The molecule has 0 saturated carbocycles. The molecule has 0 aliphatic carbocycles. The predicted molar refractivity (Wildman–Crippen MR) is 64.0 cm³/mol. The molecule has 1 aliphatic rings. The van der Waals surface area contributed by atoms with Crippen molar-refractivity contribution in [2.75, 3.05) is 26.2 Å². The summed E-state index contributed by atoms with van der Waals surface area (Å²) in [4.78, 5) is 10.1. The van der Waals surface area contributed by atoms with E-state index in [1.165, 1.54) is 4.88 Å². The lowest BCUT2D eigenvalue weighted by Crippen LogP contribution is -2.48. The largest absolute Gasteiger partial charge is 0.296 e. The lowest BCUT2D eigenvalue weighted by Gasteiger charge is -2.35. The van der Waals surface area contributed by atoms with Gasteiger partial charge in [0.25, 0.3) is 0 Å². The number of hydrogen-bond acceptors (Lipinski definition) is 5. The lowest BCUT2D eigenvalue weighted by atomic mass is 10.2. The zero-order chi connectivity index (χ0) is 11.4. The van der Waals surface area contributed by atoms with Crippen molar-refractivity contribution in [3.8, 4) is 6.07 Å². The maximum Gasteiger partial charge on any atom is 0.0950 e. The van der Waals surface area contributed by atoms with Crippen LogP contribution in [-0.4, -0.2) is 47.0 Å². The molecule has 0 N–H and O–H groups in total. The minimum Gasteiger partial charge on any atom is -0.296 e. The van der Waals surface area contributed by atoms with Crippen LogP contribution in [0.1, 0.15) is 11.8 Å². The summed E-state index contributed by atoms with van der Waals surface area (Å²) in [6.45, 7) is 7.05. The van der Waals surface area contributed by atoms with E-state index in [4.69, 9.17) is 5.26 Å². The number of rotatable bonds is 3. The second-order valence-corrected chi connectivity index (χ2v) is 5.06. The van der Waals surface area contributed by atoms with Gasteiger partial charge in [-0.05, 0) is 6.92 Å². The number of hydrogen-bond donors (Lipinski definition) is 0. The van der Waals surface area contributed by atoms with E-state index in [9.17, 15) is 0 Å². The van der Waals surface area contributed by atoms with Crippen LogP contribution < -0.4 is 0 Å². The van der Waals surface area contributed by atoms with Gasteiger partial charge in [-0.25, -0.2) is 0 Å². The van der Waals surface area contributed by atoms with Crippen LogP contribution in [-0.2, 0) is 6.54 Å². The molecule has 5 heteroatoms. The Morgan fingerprint density at radius 1 is 1.50 bits per heavy atom. The van der Waals surface area contributed by atoms with Crippen molar-refractivity contribution in [2.24, 2.45) is 0 Å². The summed E-state index contributed by atoms with van der Waals surface area (Å²) in [5.74, 6) is 0. The highest BCUT2D eigenvalue weighted by molar-refractivity contribution is 7.09. The standard InChI is InChI=1S/C11H16N4S/c1-10(6-12)15-4-2-14(3-5-15)8-11-7-13-9-16-11/h7,9-10H,2-5,8H2,1H3. The van der Waals surface area contributed by atoms with Crippen molar-refractivity contribution in [1.82, 2.24) is 14.8 Å². The molecule has 1 aromatic heterocycles. The Kier molecular flexibility index (Phi) is 3.88. The van der Waals surface area contributed by atoms with E-state index in [1.54, 1.807) is 11.3 Å². The van der Waals surface area contributed by atoms with E-state index in [0.717, 1.165) is 32.7 Å². The summed E-state index contributed by atoms with van der Waals surface area (Å²) in [5.41, 5.74) is 1.88. The van der Waals surface area contributed by atoms with Crippen molar-refractivity contribution in [2.45, 2.75) is 19.5 Å². The molecule has 1 fully saturated rings. The maximum atomic E-state index is 8.85. The summed E-state index contributed by atoms with van der Waals surface area (Å²) >= 11 is 1.71. The first-order valence-electron chi connectivity index (χ1n) is 5.53. The second kappa shape index (κ2) is 5.39. The van der Waals surface area contributed by atoms with Crippen molar-refractivity contribution in [3.63, 3.8) is 0 Å². The molecule has 1 aromatic rings. The van der Waals surface area contributed by atoms with Gasteiger partial charge in [-0.3, -0.25) is 14.8 Å². The Hall–Kier alpha value is -0.960. The van der Waals surface area contributed by atoms with Gasteiger partial charge in [0.05, 0.1) is 17.6 Å². The average Bonchev–Trinajstić information content (AvgIpc) is 2.82. The highest BCUT2D eigenvalue weighted by Crippen LogP contribution is 2.12. The predicted octanol–water partition coefficient (Wildman–Crippen LogP) is 1.17. The maximum absolute atomic E-state index is 8.85. The van der Waals surface area contributed by atoms with E-state index < -0.39 is 0 Å². The Balaban J connectivity index is 1.80. The zero-order valence-corrected chi connectivity index (χ0v) is 10.3. The van der Waals surface area contributed by atoms with Gasteiger partial charge < -0.3 is 0 Å². The molecule has 2 heterocycles. The summed E-state index contributed by atoms with van der Waals surface area (Å²) in [7, 11) is 0. The number of piperazine rings is 1. The van der Waals surface area contributed by atoms with Gasteiger partial charge in [0.15, 0.2) is 0 Å². The van der Waals surface area contributed by atoms with Crippen LogP contribution in [0.2, 0.25) is 0 Å².